The van der Waals surface area contributed by atoms with E-state index in [9.17, 15) is 4.79 Å². The van der Waals surface area contributed by atoms with Crippen molar-refractivity contribution in [2.75, 3.05) is 19.7 Å². The maximum Gasteiger partial charge on any atom is 0.410 e. The molecule has 1 aliphatic heterocycles. The SMILES string of the molecule is Cc1ccc(-c2nnn(CCN3CCOC3=O)n2)cc1. The zero-order valence-corrected chi connectivity index (χ0v) is 11.2. The van der Waals surface area contributed by atoms with Gasteiger partial charge in [-0.1, -0.05) is 29.8 Å². The summed E-state index contributed by atoms with van der Waals surface area (Å²) in [7, 11) is 0. The average molecular weight is 273 g/mol. The summed E-state index contributed by atoms with van der Waals surface area (Å²) >= 11 is 0. The van der Waals surface area contributed by atoms with Crippen molar-refractivity contribution >= 4 is 6.09 Å². The molecule has 0 spiro atoms. The van der Waals surface area contributed by atoms with E-state index in [1.807, 2.05) is 31.2 Å². The second kappa shape index (κ2) is 5.28. The summed E-state index contributed by atoms with van der Waals surface area (Å²) in [6.07, 6.45) is -0.274. The van der Waals surface area contributed by atoms with Gasteiger partial charge in [0.1, 0.15) is 6.61 Å². The third-order valence-corrected chi connectivity index (χ3v) is 3.18. The first-order valence-corrected chi connectivity index (χ1v) is 6.49. The fourth-order valence-electron chi connectivity index (χ4n) is 2.00. The molecule has 0 bridgehead atoms. The smallest absolute Gasteiger partial charge is 0.410 e. The third-order valence-electron chi connectivity index (χ3n) is 3.18. The molecule has 1 aromatic carbocycles. The van der Waals surface area contributed by atoms with Gasteiger partial charge in [0.25, 0.3) is 0 Å². The standard InChI is InChI=1S/C13H15N5O2/c1-10-2-4-11(5-3-10)12-14-16-18(15-12)7-6-17-8-9-20-13(17)19/h2-5H,6-9H2,1H3. The Labute approximate surface area is 116 Å². The monoisotopic (exact) mass is 273 g/mol. The number of nitrogens with zero attached hydrogens (tertiary/aromatic N) is 5. The van der Waals surface area contributed by atoms with Crippen LogP contribution in [0.4, 0.5) is 4.79 Å². The molecule has 0 N–H and O–H groups in total. The van der Waals surface area contributed by atoms with Crippen LogP contribution in [0.25, 0.3) is 11.4 Å². The van der Waals surface area contributed by atoms with E-state index in [1.54, 1.807) is 4.90 Å². The molecule has 2 aromatic rings. The third kappa shape index (κ3) is 2.61. The van der Waals surface area contributed by atoms with Gasteiger partial charge >= 0.3 is 6.09 Å². The molecule has 1 amide bonds. The largest absolute Gasteiger partial charge is 0.448 e. The van der Waals surface area contributed by atoms with E-state index in [4.69, 9.17) is 4.74 Å². The van der Waals surface area contributed by atoms with Crippen LogP contribution in [0.2, 0.25) is 0 Å². The highest BCUT2D eigenvalue weighted by Gasteiger charge is 2.21. The highest BCUT2D eigenvalue weighted by Crippen LogP contribution is 2.13. The van der Waals surface area contributed by atoms with Gasteiger partial charge in [-0.25, -0.2) is 4.79 Å². The number of aryl methyl sites for hydroxylation is 1. The highest BCUT2D eigenvalue weighted by atomic mass is 16.6. The maximum atomic E-state index is 11.3. The van der Waals surface area contributed by atoms with Gasteiger partial charge in [0.2, 0.25) is 5.82 Å². The Hall–Kier alpha value is -2.44. The summed E-state index contributed by atoms with van der Waals surface area (Å²) in [5, 5.41) is 12.3. The predicted molar refractivity (Wildman–Crippen MR) is 70.9 cm³/mol. The molecule has 0 unspecified atom stereocenters. The van der Waals surface area contributed by atoms with E-state index >= 15 is 0 Å². The van der Waals surface area contributed by atoms with Crippen LogP contribution in [-0.2, 0) is 11.3 Å². The van der Waals surface area contributed by atoms with Crippen molar-refractivity contribution in [3.05, 3.63) is 29.8 Å². The van der Waals surface area contributed by atoms with Crippen molar-refractivity contribution in [1.82, 2.24) is 25.1 Å². The molecular weight excluding hydrogens is 258 g/mol. The van der Waals surface area contributed by atoms with Crippen LogP contribution in [0, 0.1) is 6.92 Å². The molecule has 1 aromatic heterocycles. The highest BCUT2D eigenvalue weighted by molar-refractivity contribution is 5.69. The minimum absolute atomic E-state index is 0.274. The van der Waals surface area contributed by atoms with Gasteiger partial charge in [-0.15, -0.1) is 10.2 Å². The Morgan fingerprint density at radius 1 is 1.25 bits per heavy atom. The molecule has 1 fully saturated rings. The number of aromatic nitrogens is 4. The molecule has 3 rings (SSSR count). The second-order valence-corrected chi connectivity index (χ2v) is 4.68. The average Bonchev–Trinajstić information content (AvgIpc) is 3.06. The summed E-state index contributed by atoms with van der Waals surface area (Å²) in [5.41, 5.74) is 2.12. The van der Waals surface area contributed by atoms with Gasteiger partial charge < -0.3 is 9.64 Å². The fraction of sp³-hybridized carbons (Fsp3) is 0.385. The van der Waals surface area contributed by atoms with Crippen molar-refractivity contribution in [2.45, 2.75) is 13.5 Å². The fourth-order valence-corrected chi connectivity index (χ4v) is 2.00. The van der Waals surface area contributed by atoms with Gasteiger partial charge in [-0.05, 0) is 12.1 Å². The summed E-state index contributed by atoms with van der Waals surface area (Å²) in [6, 6.07) is 7.95. The van der Waals surface area contributed by atoms with Crippen LogP contribution in [0.5, 0.6) is 0 Å². The van der Waals surface area contributed by atoms with E-state index in [-0.39, 0.29) is 6.09 Å². The second-order valence-electron chi connectivity index (χ2n) is 4.68. The number of carbonyl (C=O) groups is 1. The van der Waals surface area contributed by atoms with Gasteiger partial charge in [-0.3, -0.25) is 0 Å². The summed E-state index contributed by atoms with van der Waals surface area (Å²) in [4.78, 5) is 14.4. The number of carbonyl (C=O) groups excluding carboxylic acids is 1. The molecule has 7 heteroatoms. The van der Waals surface area contributed by atoms with E-state index in [2.05, 4.69) is 15.4 Å². The first-order chi connectivity index (χ1) is 9.72. The topological polar surface area (TPSA) is 73.1 Å². The number of rotatable bonds is 4. The van der Waals surface area contributed by atoms with E-state index in [0.717, 1.165) is 5.56 Å². The number of amides is 1. The molecule has 20 heavy (non-hydrogen) atoms. The van der Waals surface area contributed by atoms with Gasteiger partial charge in [0.15, 0.2) is 0 Å². The van der Waals surface area contributed by atoms with E-state index in [0.29, 0.717) is 32.1 Å². The zero-order chi connectivity index (χ0) is 13.9. The lowest BCUT2D eigenvalue weighted by Crippen LogP contribution is -2.28. The minimum atomic E-state index is -0.274. The predicted octanol–water partition coefficient (Wildman–Crippen LogP) is 1.10. The molecule has 0 saturated carbocycles. The van der Waals surface area contributed by atoms with Crippen LogP contribution < -0.4 is 0 Å². The molecule has 104 valence electrons. The first-order valence-electron chi connectivity index (χ1n) is 6.49. The number of benzene rings is 1. The lowest BCUT2D eigenvalue weighted by Gasteiger charge is -2.10. The van der Waals surface area contributed by atoms with Crippen molar-refractivity contribution in [1.29, 1.82) is 0 Å². The lowest BCUT2D eigenvalue weighted by atomic mass is 10.1. The van der Waals surface area contributed by atoms with Crippen molar-refractivity contribution in [2.24, 2.45) is 0 Å². The van der Waals surface area contributed by atoms with E-state index in [1.165, 1.54) is 10.4 Å². The summed E-state index contributed by atoms with van der Waals surface area (Å²) < 4.78 is 4.86. The lowest BCUT2D eigenvalue weighted by molar-refractivity contribution is 0.157. The Bertz CT molecular complexity index is 607. The number of cyclic esters (lactones) is 1. The quantitative estimate of drug-likeness (QED) is 0.834. The number of tetrazole rings is 1. The Morgan fingerprint density at radius 3 is 2.75 bits per heavy atom. The normalized spacial score (nSPS) is 14.7. The van der Waals surface area contributed by atoms with Crippen LogP contribution in [0.3, 0.4) is 0 Å². The molecular formula is C13H15N5O2. The number of ether oxygens (including phenoxy) is 1. The van der Waals surface area contributed by atoms with Gasteiger partial charge in [-0.2, -0.15) is 4.80 Å². The van der Waals surface area contributed by atoms with Crippen LogP contribution in [-0.4, -0.2) is 50.9 Å². The number of hydrogen-bond acceptors (Lipinski definition) is 5. The Morgan fingerprint density at radius 2 is 2.05 bits per heavy atom. The Kier molecular flexibility index (Phi) is 3.32. The zero-order valence-electron chi connectivity index (χ0n) is 11.2. The Balaban J connectivity index is 1.64. The van der Waals surface area contributed by atoms with Crippen LogP contribution >= 0.6 is 0 Å². The van der Waals surface area contributed by atoms with Crippen molar-refractivity contribution in [3.63, 3.8) is 0 Å². The van der Waals surface area contributed by atoms with Gasteiger partial charge in [0, 0.05) is 12.1 Å². The first kappa shape index (κ1) is 12.6. The minimum Gasteiger partial charge on any atom is -0.448 e. The van der Waals surface area contributed by atoms with E-state index < -0.39 is 0 Å². The van der Waals surface area contributed by atoms with Crippen molar-refractivity contribution in [3.8, 4) is 11.4 Å². The molecule has 0 aliphatic carbocycles. The molecule has 1 aliphatic rings. The molecule has 7 nitrogen and oxygen atoms in total. The van der Waals surface area contributed by atoms with Crippen LogP contribution in [0.1, 0.15) is 5.56 Å². The number of hydrogen-bond donors (Lipinski definition) is 0. The summed E-state index contributed by atoms with van der Waals surface area (Å²) in [5.74, 6) is 0.592. The summed E-state index contributed by atoms with van der Waals surface area (Å²) in [6.45, 7) is 4.15. The van der Waals surface area contributed by atoms with Crippen molar-refractivity contribution < 1.29 is 9.53 Å². The van der Waals surface area contributed by atoms with Crippen LogP contribution in [0.15, 0.2) is 24.3 Å². The molecule has 0 atom stereocenters. The molecule has 2 heterocycles. The van der Waals surface area contributed by atoms with Gasteiger partial charge in [0.05, 0.1) is 13.1 Å². The molecule has 0 radical (unpaired) electrons. The molecule has 1 saturated heterocycles. The maximum absolute atomic E-state index is 11.3.